The number of halogens is 1. The Bertz CT molecular complexity index is 365. The standard InChI is InChI=1S/C17H28ClNO/c1-5-12-19-16(17(6-2,7-3)20-4)13-14-8-10-15(18)11-9-14/h8-11,16,19H,5-7,12-13H2,1-4H3. The lowest BCUT2D eigenvalue weighted by Crippen LogP contribution is -2.53. The van der Waals surface area contributed by atoms with Crippen LogP contribution in [0.25, 0.3) is 0 Å². The number of nitrogens with one attached hydrogen (secondary N) is 1. The Balaban J connectivity index is 2.90. The molecule has 0 bridgehead atoms. The van der Waals surface area contributed by atoms with Crippen LogP contribution in [0.15, 0.2) is 24.3 Å². The van der Waals surface area contributed by atoms with E-state index in [1.807, 2.05) is 19.2 Å². The summed E-state index contributed by atoms with van der Waals surface area (Å²) >= 11 is 5.96. The molecule has 0 saturated heterocycles. The third-order valence-corrected chi connectivity index (χ3v) is 4.48. The van der Waals surface area contributed by atoms with Crippen LogP contribution in [0.1, 0.15) is 45.6 Å². The van der Waals surface area contributed by atoms with E-state index in [0.29, 0.717) is 6.04 Å². The quantitative estimate of drug-likeness (QED) is 0.727. The number of ether oxygens (including phenoxy) is 1. The summed E-state index contributed by atoms with van der Waals surface area (Å²) in [5.41, 5.74) is 1.20. The van der Waals surface area contributed by atoms with Crippen molar-refractivity contribution in [1.29, 1.82) is 0 Å². The van der Waals surface area contributed by atoms with Crippen molar-refractivity contribution >= 4 is 11.6 Å². The van der Waals surface area contributed by atoms with Crippen molar-refractivity contribution < 1.29 is 4.74 Å². The van der Waals surface area contributed by atoms with Crippen LogP contribution in [0.2, 0.25) is 5.02 Å². The van der Waals surface area contributed by atoms with Gasteiger partial charge in [-0.05, 0) is 49.9 Å². The van der Waals surface area contributed by atoms with E-state index in [4.69, 9.17) is 16.3 Å². The highest BCUT2D eigenvalue weighted by molar-refractivity contribution is 6.30. The van der Waals surface area contributed by atoms with E-state index in [2.05, 4.69) is 38.2 Å². The van der Waals surface area contributed by atoms with Crippen LogP contribution in [-0.4, -0.2) is 25.3 Å². The van der Waals surface area contributed by atoms with E-state index in [1.165, 1.54) is 5.56 Å². The van der Waals surface area contributed by atoms with Gasteiger partial charge in [0.2, 0.25) is 0 Å². The highest BCUT2D eigenvalue weighted by Crippen LogP contribution is 2.27. The second kappa shape index (κ2) is 8.66. The molecule has 0 aliphatic heterocycles. The van der Waals surface area contributed by atoms with Crippen LogP contribution in [0, 0.1) is 0 Å². The first-order valence-electron chi connectivity index (χ1n) is 7.64. The van der Waals surface area contributed by atoms with Gasteiger partial charge in [0.05, 0.1) is 5.60 Å². The minimum Gasteiger partial charge on any atom is -0.377 e. The number of hydrogen-bond donors (Lipinski definition) is 1. The van der Waals surface area contributed by atoms with E-state index in [9.17, 15) is 0 Å². The molecule has 1 aromatic carbocycles. The Hall–Kier alpha value is -0.570. The maximum absolute atomic E-state index is 5.96. The minimum absolute atomic E-state index is 0.102. The largest absolute Gasteiger partial charge is 0.377 e. The van der Waals surface area contributed by atoms with Crippen molar-refractivity contribution in [3.63, 3.8) is 0 Å². The Morgan fingerprint density at radius 2 is 1.75 bits per heavy atom. The number of methoxy groups -OCH3 is 1. The number of benzene rings is 1. The summed E-state index contributed by atoms with van der Waals surface area (Å²) in [6.07, 6.45) is 4.11. The lowest BCUT2D eigenvalue weighted by molar-refractivity contribution is -0.0471. The monoisotopic (exact) mass is 297 g/mol. The Morgan fingerprint density at radius 1 is 1.15 bits per heavy atom. The predicted octanol–water partition coefficient (Wildman–Crippen LogP) is 4.46. The van der Waals surface area contributed by atoms with E-state index in [-0.39, 0.29) is 5.60 Å². The van der Waals surface area contributed by atoms with E-state index < -0.39 is 0 Å². The molecule has 0 amide bonds. The summed E-state index contributed by atoms with van der Waals surface area (Å²) in [5.74, 6) is 0. The fourth-order valence-electron chi connectivity index (χ4n) is 2.79. The molecule has 0 heterocycles. The lowest BCUT2D eigenvalue weighted by Gasteiger charge is -2.39. The molecule has 1 aromatic rings. The molecule has 1 atom stereocenters. The first kappa shape index (κ1) is 17.5. The second-order valence-electron chi connectivity index (χ2n) is 5.31. The van der Waals surface area contributed by atoms with Gasteiger partial charge in [-0.25, -0.2) is 0 Å². The maximum atomic E-state index is 5.96. The molecular weight excluding hydrogens is 270 g/mol. The minimum atomic E-state index is -0.102. The first-order valence-corrected chi connectivity index (χ1v) is 8.02. The molecule has 3 heteroatoms. The maximum Gasteiger partial charge on any atom is 0.0828 e. The Kier molecular flexibility index (Phi) is 7.57. The molecule has 0 aliphatic rings. The third kappa shape index (κ3) is 4.47. The predicted molar refractivity (Wildman–Crippen MR) is 87.6 cm³/mol. The van der Waals surface area contributed by atoms with Gasteiger partial charge in [-0.3, -0.25) is 0 Å². The molecule has 0 radical (unpaired) electrons. The van der Waals surface area contributed by atoms with Gasteiger partial charge in [0.15, 0.2) is 0 Å². The zero-order valence-corrected chi connectivity index (χ0v) is 14.0. The van der Waals surface area contributed by atoms with Crippen LogP contribution in [0.3, 0.4) is 0 Å². The molecular formula is C17H28ClNO. The van der Waals surface area contributed by atoms with E-state index in [0.717, 1.165) is 37.3 Å². The van der Waals surface area contributed by atoms with Gasteiger partial charge < -0.3 is 10.1 Å². The van der Waals surface area contributed by atoms with Crippen molar-refractivity contribution in [2.45, 2.75) is 58.1 Å². The lowest BCUT2D eigenvalue weighted by atomic mass is 9.84. The summed E-state index contributed by atoms with van der Waals surface area (Å²) in [5, 5.41) is 4.46. The molecule has 0 spiro atoms. The molecule has 1 N–H and O–H groups in total. The van der Waals surface area contributed by atoms with Crippen molar-refractivity contribution in [2.75, 3.05) is 13.7 Å². The number of rotatable bonds is 9. The van der Waals surface area contributed by atoms with Crippen molar-refractivity contribution in [3.8, 4) is 0 Å². The van der Waals surface area contributed by atoms with Crippen LogP contribution in [0.4, 0.5) is 0 Å². The first-order chi connectivity index (χ1) is 9.61. The van der Waals surface area contributed by atoms with Crippen LogP contribution in [0.5, 0.6) is 0 Å². The summed E-state index contributed by atoms with van der Waals surface area (Å²) < 4.78 is 5.90. The third-order valence-electron chi connectivity index (χ3n) is 4.23. The molecule has 0 fully saturated rings. The SMILES string of the molecule is CCCNC(Cc1ccc(Cl)cc1)C(CC)(CC)OC. The summed E-state index contributed by atoms with van der Waals surface area (Å²) in [7, 11) is 1.83. The smallest absolute Gasteiger partial charge is 0.0828 e. The molecule has 1 rings (SSSR count). The van der Waals surface area contributed by atoms with Crippen LogP contribution in [-0.2, 0) is 11.2 Å². The highest BCUT2D eigenvalue weighted by Gasteiger charge is 2.35. The topological polar surface area (TPSA) is 21.3 Å². The van der Waals surface area contributed by atoms with Gasteiger partial charge in [0.1, 0.15) is 0 Å². The van der Waals surface area contributed by atoms with Crippen molar-refractivity contribution in [3.05, 3.63) is 34.9 Å². The number of hydrogen-bond acceptors (Lipinski definition) is 2. The molecule has 0 aliphatic carbocycles. The highest BCUT2D eigenvalue weighted by atomic mass is 35.5. The van der Waals surface area contributed by atoms with E-state index in [1.54, 1.807) is 0 Å². The van der Waals surface area contributed by atoms with Gasteiger partial charge in [0.25, 0.3) is 0 Å². The summed E-state index contributed by atoms with van der Waals surface area (Å²) in [6, 6.07) is 8.45. The average molecular weight is 298 g/mol. The van der Waals surface area contributed by atoms with Crippen LogP contribution < -0.4 is 5.32 Å². The second-order valence-corrected chi connectivity index (χ2v) is 5.75. The Labute approximate surface area is 128 Å². The molecule has 20 heavy (non-hydrogen) atoms. The van der Waals surface area contributed by atoms with Gasteiger partial charge in [-0.1, -0.05) is 44.5 Å². The molecule has 2 nitrogen and oxygen atoms in total. The summed E-state index contributed by atoms with van der Waals surface area (Å²) in [6.45, 7) is 7.62. The zero-order chi connectivity index (χ0) is 15.0. The van der Waals surface area contributed by atoms with Crippen LogP contribution >= 0.6 is 11.6 Å². The molecule has 1 unspecified atom stereocenters. The van der Waals surface area contributed by atoms with E-state index >= 15 is 0 Å². The molecule has 0 saturated carbocycles. The molecule has 114 valence electrons. The van der Waals surface area contributed by atoms with Gasteiger partial charge >= 0.3 is 0 Å². The van der Waals surface area contributed by atoms with Gasteiger partial charge in [-0.15, -0.1) is 0 Å². The van der Waals surface area contributed by atoms with Crippen molar-refractivity contribution in [2.24, 2.45) is 0 Å². The molecule has 0 aromatic heterocycles. The fraction of sp³-hybridized carbons (Fsp3) is 0.647. The normalized spacial score (nSPS) is 13.4. The summed E-state index contributed by atoms with van der Waals surface area (Å²) in [4.78, 5) is 0. The average Bonchev–Trinajstić information content (AvgIpc) is 2.49. The zero-order valence-electron chi connectivity index (χ0n) is 13.2. The Morgan fingerprint density at radius 3 is 2.20 bits per heavy atom. The van der Waals surface area contributed by atoms with Gasteiger partial charge in [-0.2, -0.15) is 0 Å². The van der Waals surface area contributed by atoms with Crippen molar-refractivity contribution in [1.82, 2.24) is 5.32 Å². The fourth-order valence-corrected chi connectivity index (χ4v) is 2.92. The van der Waals surface area contributed by atoms with Gasteiger partial charge in [0, 0.05) is 18.2 Å².